The van der Waals surface area contributed by atoms with Gasteiger partial charge in [-0.2, -0.15) is 13.2 Å². The molecule has 0 N–H and O–H groups in total. The lowest BCUT2D eigenvalue weighted by molar-refractivity contribution is -0.138. The Labute approximate surface area is 151 Å². The second-order valence-electron chi connectivity index (χ2n) is 6.19. The SMILES string of the molecule is Cc1nnc2c(N3CCN(c4ncc(C(F)(F)F)cc4F)CC3)nccn12. The molecule has 11 heteroatoms. The van der Waals surface area contributed by atoms with Gasteiger partial charge < -0.3 is 9.80 Å². The first-order valence-electron chi connectivity index (χ1n) is 8.23. The fourth-order valence-electron chi connectivity index (χ4n) is 3.10. The Hall–Kier alpha value is -2.98. The van der Waals surface area contributed by atoms with Crippen molar-refractivity contribution < 1.29 is 17.6 Å². The molecule has 7 nitrogen and oxygen atoms in total. The van der Waals surface area contributed by atoms with Crippen LogP contribution in [-0.4, -0.2) is 50.7 Å². The van der Waals surface area contributed by atoms with E-state index in [-0.39, 0.29) is 5.82 Å². The van der Waals surface area contributed by atoms with Gasteiger partial charge in [0.1, 0.15) is 5.82 Å². The molecule has 1 fully saturated rings. The fourth-order valence-corrected chi connectivity index (χ4v) is 3.10. The molecule has 4 rings (SSSR count). The van der Waals surface area contributed by atoms with Crippen molar-refractivity contribution in [1.29, 1.82) is 0 Å². The highest BCUT2D eigenvalue weighted by molar-refractivity contribution is 5.64. The normalized spacial score (nSPS) is 15.6. The van der Waals surface area contributed by atoms with Gasteiger partial charge >= 0.3 is 6.18 Å². The standard InChI is InChI=1S/C16H15F4N7/c1-10-23-24-15-14(21-2-3-27(10)15)26-6-4-25(5-7-26)13-12(17)8-11(9-22-13)16(18,19)20/h2-3,8-9H,4-7H2,1H3. The zero-order valence-corrected chi connectivity index (χ0v) is 14.3. The molecule has 3 aromatic heterocycles. The van der Waals surface area contributed by atoms with Crippen LogP contribution < -0.4 is 9.80 Å². The van der Waals surface area contributed by atoms with Gasteiger partial charge in [0.05, 0.1) is 5.56 Å². The Bertz CT molecular complexity index is 977. The van der Waals surface area contributed by atoms with Gasteiger partial charge in [-0.05, 0) is 13.0 Å². The summed E-state index contributed by atoms with van der Waals surface area (Å²) in [7, 11) is 0. The minimum absolute atomic E-state index is 0.0767. The highest BCUT2D eigenvalue weighted by Crippen LogP contribution is 2.31. The third kappa shape index (κ3) is 3.13. The summed E-state index contributed by atoms with van der Waals surface area (Å²) in [6, 6.07) is 0.482. The lowest BCUT2D eigenvalue weighted by atomic mass is 10.2. The number of rotatable bonds is 2. The lowest BCUT2D eigenvalue weighted by Crippen LogP contribution is -2.47. The second-order valence-corrected chi connectivity index (χ2v) is 6.19. The van der Waals surface area contributed by atoms with E-state index < -0.39 is 17.6 Å². The Morgan fingerprint density at radius 3 is 2.26 bits per heavy atom. The number of fused-ring (bicyclic) bond motifs is 1. The van der Waals surface area contributed by atoms with Gasteiger partial charge in [0.2, 0.25) is 5.65 Å². The summed E-state index contributed by atoms with van der Waals surface area (Å²) in [4.78, 5) is 11.7. The summed E-state index contributed by atoms with van der Waals surface area (Å²) in [5.41, 5.74) is -0.470. The molecule has 142 valence electrons. The minimum Gasteiger partial charge on any atom is -0.351 e. The molecule has 1 aliphatic heterocycles. The molecule has 0 bridgehead atoms. The van der Waals surface area contributed by atoms with E-state index in [4.69, 9.17) is 0 Å². The number of hydrogen-bond acceptors (Lipinski definition) is 6. The number of aromatic nitrogens is 5. The highest BCUT2D eigenvalue weighted by Gasteiger charge is 2.33. The van der Waals surface area contributed by atoms with Crippen LogP contribution in [-0.2, 0) is 6.18 Å². The maximum atomic E-state index is 14.1. The van der Waals surface area contributed by atoms with Gasteiger partial charge in [0.25, 0.3) is 0 Å². The van der Waals surface area contributed by atoms with Crippen LogP contribution in [0.5, 0.6) is 0 Å². The van der Waals surface area contributed by atoms with E-state index in [1.807, 2.05) is 16.2 Å². The average molecular weight is 381 g/mol. The summed E-state index contributed by atoms with van der Waals surface area (Å²) in [6.45, 7) is 3.62. The van der Waals surface area contributed by atoms with Crippen molar-refractivity contribution in [2.24, 2.45) is 0 Å². The third-order valence-corrected chi connectivity index (χ3v) is 4.51. The predicted octanol–water partition coefficient (Wildman–Crippen LogP) is 2.31. The first-order chi connectivity index (χ1) is 12.8. The Balaban J connectivity index is 1.52. The largest absolute Gasteiger partial charge is 0.417 e. The number of hydrogen-bond donors (Lipinski definition) is 0. The van der Waals surface area contributed by atoms with Gasteiger partial charge in [-0.25, -0.2) is 14.4 Å². The predicted molar refractivity (Wildman–Crippen MR) is 89.1 cm³/mol. The van der Waals surface area contributed by atoms with E-state index in [0.29, 0.717) is 49.9 Å². The molecule has 0 saturated carbocycles. The molecular formula is C16H15F4N7. The maximum Gasteiger partial charge on any atom is 0.417 e. The molecule has 0 amide bonds. The number of pyridine rings is 1. The molecular weight excluding hydrogens is 366 g/mol. The van der Waals surface area contributed by atoms with Crippen molar-refractivity contribution in [2.75, 3.05) is 36.0 Å². The van der Waals surface area contributed by atoms with Gasteiger partial charge in [0.15, 0.2) is 17.5 Å². The van der Waals surface area contributed by atoms with Crippen LogP contribution in [0.1, 0.15) is 11.4 Å². The molecule has 0 atom stereocenters. The van der Waals surface area contributed by atoms with Gasteiger partial charge in [-0.3, -0.25) is 4.40 Å². The second kappa shape index (κ2) is 6.32. The van der Waals surface area contributed by atoms with Crippen molar-refractivity contribution in [3.63, 3.8) is 0 Å². The smallest absolute Gasteiger partial charge is 0.351 e. The van der Waals surface area contributed by atoms with E-state index in [0.717, 1.165) is 5.82 Å². The zero-order chi connectivity index (χ0) is 19.2. The van der Waals surface area contributed by atoms with Crippen molar-refractivity contribution in [3.8, 4) is 0 Å². The fraction of sp³-hybridized carbons (Fsp3) is 0.375. The molecule has 0 aromatic carbocycles. The summed E-state index contributed by atoms with van der Waals surface area (Å²) in [5.74, 6) is 0.348. The minimum atomic E-state index is -4.62. The van der Waals surface area contributed by atoms with E-state index in [9.17, 15) is 17.6 Å². The number of piperazine rings is 1. The van der Waals surface area contributed by atoms with E-state index >= 15 is 0 Å². The van der Waals surface area contributed by atoms with Crippen LogP contribution in [0.25, 0.3) is 5.65 Å². The van der Waals surface area contributed by atoms with E-state index in [2.05, 4.69) is 20.2 Å². The molecule has 0 radical (unpaired) electrons. The molecule has 27 heavy (non-hydrogen) atoms. The van der Waals surface area contributed by atoms with Crippen molar-refractivity contribution in [3.05, 3.63) is 41.9 Å². The first kappa shape index (κ1) is 17.4. The van der Waals surface area contributed by atoms with Crippen molar-refractivity contribution >= 4 is 17.3 Å². The van der Waals surface area contributed by atoms with Crippen molar-refractivity contribution in [1.82, 2.24) is 24.6 Å². The Morgan fingerprint density at radius 2 is 1.63 bits per heavy atom. The number of anilines is 2. The molecule has 3 aromatic rings. The maximum absolute atomic E-state index is 14.1. The monoisotopic (exact) mass is 381 g/mol. The van der Waals surface area contributed by atoms with Crippen LogP contribution in [0.2, 0.25) is 0 Å². The van der Waals surface area contributed by atoms with Gasteiger partial charge in [-0.15, -0.1) is 10.2 Å². The molecule has 0 aliphatic carbocycles. The van der Waals surface area contributed by atoms with Crippen LogP contribution in [0.15, 0.2) is 24.7 Å². The lowest BCUT2D eigenvalue weighted by Gasteiger charge is -2.36. The number of halogens is 4. The first-order valence-corrected chi connectivity index (χ1v) is 8.23. The molecule has 1 saturated heterocycles. The molecule has 4 heterocycles. The van der Waals surface area contributed by atoms with E-state index in [1.165, 1.54) is 0 Å². The number of nitrogens with zero attached hydrogens (tertiary/aromatic N) is 7. The average Bonchev–Trinajstić information content (AvgIpc) is 3.02. The Kier molecular flexibility index (Phi) is 4.08. The quantitative estimate of drug-likeness (QED) is 0.635. The molecule has 1 aliphatic rings. The third-order valence-electron chi connectivity index (χ3n) is 4.51. The number of alkyl halides is 3. The topological polar surface area (TPSA) is 62.5 Å². The van der Waals surface area contributed by atoms with E-state index in [1.54, 1.807) is 17.3 Å². The molecule has 0 spiro atoms. The van der Waals surface area contributed by atoms with Crippen LogP contribution in [0, 0.1) is 12.7 Å². The van der Waals surface area contributed by atoms with Gasteiger partial charge in [-0.1, -0.05) is 0 Å². The number of aryl methyl sites for hydroxylation is 1. The zero-order valence-electron chi connectivity index (χ0n) is 14.3. The summed E-state index contributed by atoms with van der Waals surface area (Å²) in [6.07, 6.45) is -0.536. The Morgan fingerprint density at radius 1 is 0.963 bits per heavy atom. The van der Waals surface area contributed by atoms with Crippen LogP contribution in [0.3, 0.4) is 0 Å². The van der Waals surface area contributed by atoms with Crippen LogP contribution >= 0.6 is 0 Å². The van der Waals surface area contributed by atoms with Gasteiger partial charge in [0, 0.05) is 44.8 Å². The summed E-state index contributed by atoms with van der Waals surface area (Å²) in [5, 5.41) is 8.17. The van der Waals surface area contributed by atoms with Crippen molar-refractivity contribution in [2.45, 2.75) is 13.1 Å². The summed E-state index contributed by atoms with van der Waals surface area (Å²) < 4.78 is 54.0. The molecule has 0 unspecified atom stereocenters. The summed E-state index contributed by atoms with van der Waals surface area (Å²) >= 11 is 0. The highest BCUT2D eigenvalue weighted by atomic mass is 19.4. The van der Waals surface area contributed by atoms with Crippen LogP contribution in [0.4, 0.5) is 29.2 Å².